The van der Waals surface area contributed by atoms with E-state index in [1.807, 2.05) is 0 Å². The highest BCUT2D eigenvalue weighted by Crippen LogP contribution is 2.38. The maximum Gasteiger partial charge on any atom is 0.196 e. The minimum Gasteiger partial charge on any atom is -0.395 e. The molecule has 3 rings (SSSR count). The number of benzene rings is 2. The lowest BCUT2D eigenvalue weighted by atomic mass is 9.82. The molecule has 0 aliphatic heterocycles. The summed E-state index contributed by atoms with van der Waals surface area (Å²) in [5, 5.41) is 18.5. The monoisotopic (exact) mass is 354 g/mol. The Morgan fingerprint density at radius 3 is 1.46 bits per heavy atom. The zero-order chi connectivity index (χ0) is 18.8. The van der Waals surface area contributed by atoms with E-state index in [4.69, 9.17) is 0 Å². The fourth-order valence-electron chi connectivity index (χ4n) is 3.37. The molecule has 0 radical (unpaired) electrons. The average molecular weight is 354 g/mol. The van der Waals surface area contributed by atoms with Crippen LogP contribution in [0, 0.1) is 0 Å². The van der Waals surface area contributed by atoms with Crippen molar-refractivity contribution in [2.75, 3.05) is 50.2 Å². The number of aliphatic hydroxyl groups excluding tert-OH is 2. The van der Waals surface area contributed by atoms with E-state index in [1.54, 1.807) is 60.3 Å². The van der Waals surface area contributed by atoms with Crippen LogP contribution in [0.25, 0.3) is 0 Å². The molecule has 0 heterocycles. The molecule has 0 fully saturated rings. The van der Waals surface area contributed by atoms with Gasteiger partial charge in [0.2, 0.25) is 0 Å². The van der Waals surface area contributed by atoms with Gasteiger partial charge in [0.25, 0.3) is 0 Å². The van der Waals surface area contributed by atoms with Crippen LogP contribution >= 0.6 is 0 Å². The van der Waals surface area contributed by atoms with Gasteiger partial charge in [0.1, 0.15) is 0 Å². The first kappa shape index (κ1) is 18.1. The number of anilines is 2. The van der Waals surface area contributed by atoms with Crippen LogP contribution in [0.3, 0.4) is 0 Å². The molecule has 2 aromatic carbocycles. The molecule has 1 aliphatic rings. The fraction of sp³-hybridized carbons (Fsp3) is 0.300. The van der Waals surface area contributed by atoms with E-state index < -0.39 is 0 Å². The number of carbonyl (C=O) groups is 2. The molecule has 6 nitrogen and oxygen atoms in total. The summed E-state index contributed by atoms with van der Waals surface area (Å²) >= 11 is 0. The van der Waals surface area contributed by atoms with Crippen LogP contribution in [0.1, 0.15) is 31.8 Å². The Bertz CT molecular complexity index is 793. The molecule has 0 spiro atoms. The highest BCUT2D eigenvalue weighted by atomic mass is 16.3. The number of aliphatic hydroxyl groups is 2. The Kier molecular flexibility index (Phi) is 5.06. The quantitative estimate of drug-likeness (QED) is 0.695. The van der Waals surface area contributed by atoms with Gasteiger partial charge in [0.15, 0.2) is 11.6 Å². The summed E-state index contributed by atoms with van der Waals surface area (Å²) in [5.74, 6) is -0.400. The maximum absolute atomic E-state index is 13.2. The second kappa shape index (κ2) is 7.27. The largest absolute Gasteiger partial charge is 0.395 e. The third-order valence-corrected chi connectivity index (χ3v) is 4.73. The molecule has 0 atom stereocenters. The van der Waals surface area contributed by atoms with E-state index in [9.17, 15) is 19.8 Å². The minimum atomic E-state index is -0.200. The summed E-state index contributed by atoms with van der Waals surface area (Å²) in [6.07, 6.45) is 0. The molecule has 26 heavy (non-hydrogen) atoms. The highest BCUT2D eigenvalue weighted by molar-refractivity contribution is 6.32. The maximum atomic E-state index is 13.2. The minimum absolute atomic E-state index is 0.0594. The Hall–Kier alpha value is -2.70. The van der Waals surface area contributed by atoms with Crippen LogP contribution in [-0.4, -0.2) is 62.2 Å². The Morgan fingerprint density at radius 1 is 0.731 bits per heavy atom. The van der Waals surface area contributed by atoms with Gasteiger partial charge >= 0.3 is 0 Å². The van der Waals surface area contributed by atoms with E-state index in [2.05, 4.69) is 0 Å². The SMILES string of the molecule is CN(CCO)c1ccc(N(C)CCO)c2c1C(=O)c1ccccc1C2=O. The summed E-state index contributed by atoms with van der Waals surface area (Å²) in [6.45, 7) is 0.578. The van der Waals surface area contributed by atoms with Gasteiger partial charge < -0.3 is 20.0 Å². The molecule has 0 unspecified atom stereocenters. The van der Waals surface area contributed by atoms with Crippen molar-refractivity contribution >= 4 is 22.9 Å². The molecule has 2 aromatic rings. The molecule has 6 heteroatoms. The molecule has 0 saturated carbocycles. The van der Waals surface area contributed by atoms with E-state index in [0.717, 1.165) is 0 Å². The summed E-state index contributed by atoms with van der Waals surface area (Å²) in [4.78, 5) is 30.0. The third kappa shape index (κ3) is 2.87. The van der Waals surface area contributed by atoms with E-state index >= 15 is 0 Å². The standard InChI is InChI=1S/C20H22N2O4/c1-21(9-11-23)15-7-8-16(22(2)10-12-24)18-17(15)19(25)13-5-3-4-6-14(13)20(18)26/h3-8,23-24H,9-12H2,1-2H3. The van der Waals surface area contributed by atoms with Crippen LogP contribution in [0.5, 0.6) is 0 Å². The van der Waals surface area contributed by atoms with E-state index in [-0.39, 0.29) is 24.8 Å². The molecule has 0 saturated heterocycles. The zero-order valence-corrected chi connectivity index (χ0v) is 14.9. The van der Waals surface area contributed by atoms with Gasteiger partial charge in [0, 0.05) is 49.7 Å². The van der Waals surface area contributed by atoms with Gasteiger partial charge in [-0.3, -0.25) is 9.59 Å². The number of fused-ring (bicyclic) bond motifs is 2. The lowest BCUT2D eigenvalue weighted by Gasteiger charge is -2.30. The summed E-state index contributed by atoms with van der Waals surface area (Å²) in [6, 6.07) is 10.4. The van der Waals surface area contributed by atoms with Crippen LogP contribution in [0.4, 0.5) is 11.4 Å². The first-order valence-corrected chi connectivity index (χ1v) is 8.50. The molecule has 0 bridgehead atoms. The Balaban J connectivity index is 2.27. The van der Waals surface area contributed by atoms with E-state index in [1.165, 1.54) is 0 Å². The Morgan fingerprint density at radius 2 is 1.12 bits per heavy atom. The topological polar surface area (TPSA) is 81.1 Å². The molecule has 0 aromatic heterocycles. The number of hydrogen-bond acceptors (Lipinski definition) is 6. The number of carbonyl (C=O) groups excluding carboxylic acids is 2. The van der Waals surface area contributed by atoms with Crippen molar-refractivity contribution in [2.45, 2.75) is 0 Å². The number of nitrogens with zero attached hydrogens (tertiary/aromatic N) is 2. The van der Waals surface area contributed by atoms with Crippen molar-refractivity contribution in [1.29, 1.82) is 0 Å². The number of likely N-dealkylation sites (N-methyl/N-ethyl adjacent to an activating group) is 2. The summed E-state index contributed by atoms with van der Waals surface area (Å²) in [5.41, 5.74) is 2.72. The first-order chi connectivity index (χ1) is 12.5. The van der Waals surface area contributed by atoms with Gasteiger partial charge in [-0.2, -0.15) is 0 Å². The number of ketones is 2. The van der Waals surface area contributed by atoms with Crippen molar-refractivity contribution in [1.82, 2.24) is 0 Å². The normalized spacial score (nSPS) is 12.6. The molecule has 136 valence electrons. The van der Waals surface area contributed by atoms with Crippen molar-refractivity contribution in [3.05, 3.63) is 58.7 Å². The second-order valence-corrected chi connectivity index (χ2v) is 6.35. The first-order valence-electron chi connectivity index (χ1n) is 8.50. The van der Waals surface area contributed by atoms with Crippen molar-refractivity contribution < 1.29 is 19.8 Å². The lowest BCUT2D eigenvalue weighted by molar-refractivity contribution is 0.0979. The molecule has 2 N–H and O–H groups in total. The van der Waals surface area contributed by atoms with Crippen LogP contribution in [0.2, 0.25) is 0 Å². The molecular formula is C20H22N2O4. The van der Waals surface area contributed by atoms with Crippen molar-refractivity contribution in [2.24, 2.45) is 0 Å². The zero-order valence-electron chi connectivity index (χ0n) is 14.9. The van der Waals surface area contributed by atoms with Crippen molar-refractivity contribution in [3.63, 3.8) is 0 Å². The van der Waals surface area contributed by atoms with Gasteiger partial charge in [-0.15, -0.1) is 0 Å². The highest BCUT2D eigenvalue weighted by Gasteiger charge is 2.35. The lowest BCUT2D eigenvalue weighted by Crippen LogP contribution is -2.31. The predicted molar refractivity (Wildman–Crippen MR) is 100 cm³/mol. The van der Waals surface area contributed by atoms with Crippen molar-refractivity contribution in [3.8, 4) is 0 Å². The average Bonchev–Trinajstić information content (AvgIpc) is 2.65. The third-order valence-electron chi connectivity index (χ3n) is 4.73. The second-order valence-electron chi connectivity index (χ2n) is 6.35. The van der Waals surface area contributed by atoms with Gasteiger partial charge in [-0.05, 0) is 12.1 Å². The summed E-state index contributed by atoms with van der Waals surface area (Å²) < 4.78 is 0. The van der Waals surface area contributed by atoms with Crippen LogP contribution in [0.15, 0.2) is 36.4 Å². The van der Waals surface area contributed by atoms with Gasteiger partial charge in [-0.25, -0.2) is 0 Å². The fourth-order valence-corrected chi connectivity index (χ4v) is 3.37. The van der Waals surface area contributed by atoms with E-state index in [0.29, 0.717) is 46.7 Å². The van der Waals surface area contributed by atoms with Gasteiger partial charge in [0.05, 0.1) is 24.3 Å². The predicted octanol–water partition coefficient (Wildman–Crippen LogP) is 1.32. The smallest absolute Gasteiger partial charge is 0.196 e. The van der Waals surface area contributed by atoms with Crippen LogP contribution in [-0.2, 0) is 0 Å². The number of rotatable bonds is 6. The molecule has 1 aliphatic carbocycles. The molecular weight excluding hydrogens is 332 g/mol. The molecule has 0 amide bonds. The van der Waals surface area contributed by atoms with Gasteiger partial charge in [-0.1, -0.05) is 24.3 Å². The summed E-state index contributed by atoms with van der Waals surface area (Å²) in [7, 11) is 3.56. The number of hydrogen-bond donors (Lipinski definition) is 2. The van der Waals surface area contributed by atoms with Crippen LogP contribution < -0.4 is 9.80 Å². The Labute approximate surface area is 152 Å².